The Kier molecular flexibility index (Phi) is 2.31. The van der Waals surface area contributed by atoms with Gasteiger partial charge in [0.05, 0.1) is 5.84 Å². The third-order valence-corrected chi connectivity index (χ3v) is 4.15. The normalized spacial score (nSPS) is 25.2. The van der Waals surface area contributed by atoms with Crippen LogP contribution in [-0.2, 0) is 0 Å². The zero-order chi connectivity index (χ0) is 8.44. The van der Waals surface area contributed by atoms with E-state index in [1.165, 1.54) is 31.5 Å². The molecule has 0 aromatic rings. The number of nitrogens with zero attached hydrogens (tertiary/aromatic N) is 1. The molecule has 0 aromatic heterocycles. The van der Waals surface area contributed by atoms with Gasteiger partial charge in [-0.3, -0.25) is 4.99 Å². The van der Waals surface area contributed by atoms with Gasteiger partial charge in [0.1, 0.15) is 0 Å². The van der Waals surface area contributed by atoms with E-state index in [1.807, 2.05) is 11.8 Å². The van der Waals surface area contributed by atoms with E-state index in [4.69, 9.17) is 0 Å². The quantitative estimate of drug-likeness (QED) is 0.721. The molecule has 1 fully saturated rings. The second kappa shape index (κ2) is 3.29. The predicted octanol–water partition coefficient (Wildman–Crippen LogP) is 1.66. The average Bonchev–Trinajstić information content (AvgIpc) is 2.70. The van der Waals surface area contributed by atoms with Crippen molar-refractivity contribution in [2.75, 3.05) is 19.3 Å². The fourth-order valence-corrected chi connectivity index (χ4v) is 2.27. The summed E-state index contributed by atoms with van der Waals surface area (Å²) in [5.74, 6) is 1.25. The Hall–Kier alpha value is -0.180. The first-order chi connectivity index (χ1) is 5.85. The molecule has 1 saturated carbocycles. The summed E-state index contributed by atoms with van der Waals surface area (Å²) in [5.41, 5.74) is 0. The summed E-state index contributed by atoms with van der Waals surface area (Å²) < 4.78 is 0.575. The molecule has 3 heteroatoms. The van der Waals surface area contributed by atoms with Crippen molar-refractivity contribution in [2.45, 2.75) is 30.4 Å². The maximum Gasteiger partial charge on any atom is 0.0964 e. The summed E-state index contributed by atoms with van der Waals surface area (Å²) in [6.45, 7) is 2.17. The molecular weight excluding hydrogens is 168 g/mol. The molecule has 2 aliphatic rings. The van der Waals surface area contributed by atoms with E-state index in [0.29, 0.717) is 4.75 Å². The van der Waals surface area contributed by atoms with E-state index in [1.54, 1.807) is 0 Å². The molecular formula is C9H16N2S. The SMILES string of the molecule is CSC1(CNC2=NCCC2)CC1. The lowest BCUT2D eigenvalue weighted by molar-refractivity contribution is 0.807. The van der Waals surface area contributed by atoms with Crippen LogP contribution in [0.5, 0.6) is 0 Å². The Morgan fingerprint density at radius 1 is 1.58 bits per heavy atom. The number of nitrogens with one attached hydrogen (secondary N) is 1. The summed E-state index contributed by atoms with van der Waals surface area (Å²) in [7, 11) is 0. The van der Waals surface area contributed by atoms with E-state index in [0.717, 1.165) is 13.1 Å². The second-order valence-electron chi connectivity index (χ2n) is 3.67. The van der Waals surface area contributed by atoms with E-state index >= 15 is 0 Å². The number of rotatable bonds is 3. The Balaban J connectivity index is 1.74. The number of hydrogen-bond acceptors (Lipinski definition) is 3. The molecule has 0 radical (unpaired) electrons. The van der Waals surface area contributed by atoms with Crippen molar-refractivity contribution in [2.24, 2.45) is 4.99 Å². The summed E-state index contributed by atoms with van der Waals surface area (Å²) in [6, 6.07) is 0. The van der Waals surface area contributed by atoms with Crippen LogP contribution in [-0.4, -0.2) is 29.9 Å². The van der Waals surface area contributed by atoms with Crippen LogP contribution in [0.15, 0.2) is 4.99 Å². The maximum absolute atomic E-state index is 4.40. The molecule has 0 aromatic carbocycles. The van der Waals surface area contributed by atoms with Crippen molar-refractivity contribution >= 4 is 17.6 Å². The molecule has 2 nitrogen and oxygen atoms in total. The zero-order valence-corrected chi connectivity index (χ0v) is 8.41. The number of aliphatic imine (C=N–C) groups is 1. The van der Waals surface area contributed by atoms with Crippen LogP contribution in [0.3, 0.4) is 0 Å². The molecule has 0 spiro atoms. The average molecular weight is 184 g/mol. The summed E-state index contributed by atoms with van der Waals surface area (Å²) >= 11 is 2.00. The summed E-state index contributed by atoms with van der Waals surface area (Å²) in [6.07, 6.45) is 7.40. The minimum absolute atomic E-state index is 0.575. The molecule has 1 heterocycles. The Morgan fingerprint density at radius 2 is 2.42 bits per heavy atom. The van der Waals surface area contributed by atoms with Gasteiger partial charge in [0.25, 0.3) is 0 Å². The van der Waals surface area contributed by atoms with Crippen LogP contribution in [0, 0.1) is 0 Å². The number of amidine groups is 1. The van der Waals surface area contributed by atoms with Crippen molar-refractivity contribution < 1.29 is 0 Å². The minimum atomic E-state index is 0.575. The van der Waals surface area contributed by atoms with Crippen molar-refractivity contribution in [3.05, 3.63) is 0 Å². The Bertz CT molecular complexity index is 197. The van der Waals surface area contributed by atoms with Crippen molar-refractivity contribution in [1.29, 1.82) is 0 Å². The second-order valence-corrected chi connectivity index (χ2v) is 4.95. The van der Waals surface area contributed by atoms with Crippen molar-refractivity contribution in [3.8, 4) is 0 Å². The van der Waals surface area contributed by atoms with E-state index in [-0.39, 0.29) is 0 Å². The van der Waals surface area contributed by atoms with E-state index in [9.17, 15) is 0 Å². The van der Waals surface area contributed by atoms with Gasteiger partial charge in [-0.2, -0.15) is 11.8 Å². The molecule has 0 bridgehead atoms. The summed E-state index contributed by atoms with van der Waals surface area (Å²) in [5, 5.41) is 3.46. The third-order valence-electron chi connectivity index (χ3n) is 2.73. The highest BCUT2D eigenvalue weighted by Crippen LogP contribution is 2.46. The van der Waals surface area contributed by atoms with Crippen LogP contribution in [0.1, 0.15) is 25.7 Å². The highest BCUT2D eigenvalue weighted by atomic mass is 32.2. The topological polar surface area (TPSA) is 24.4 Å². The molecule has 0 amide bonds. The number of thioether (sulfide) groups is 1. The molecule has 12 heavy (non-hydrogen) atoms. The lowest BCUT2D eigenvalue weighted by atomic mass is 10.3. The van der Waals surface area contributed by atoms with Gasteiger partial charge >= 0.3 is 0 Å². The van der Waals surface area contributed by atoms with Crippen LogP contribution in [0.4, 0.5) is 0 Å². The summed E-state index contributed by atoms with van der Waals surface area (Å²) in [4.78, 5) is 4.40. The predicted molar refractivity (Wildman–Crippen MR) is 55.0 cm³/mol. The first-order valence-electron chi connectivity index (χ1n) is 4.67. The van der Waals surface area contributed by atoms with Gasteiger partial charge in [-0.05, 0) is 25.5 Å². The van der Waals surface area contributed by atoms with Gasteiger partial charge in [0.2, 0.25) is 0 Å². The van der Waals surface area contributed by atoms with Gasteiger partial charge in [0.15, 0.2) is 0 Å². The molecule has 0 atom stereocenters. The number of hydrogen-bond donors (Lipinski definition) is 1. The molecule has 2 rings (SSSR count). The van der Waals surface area contributed by atoms with Crippen LogP contribution < -0.4 is 5.32 Å². The molecule has 1 aliphatic carbocycles. The lowest BCUT2D eigenvalue weighted by Gasteiger charge is -2.13. The van der Waals surface area contributed by atoms with Gasteiger partial charge in [0, 0.05) is 24.3 Å². The van der Waals surface area contributed by atoms with E-state index in [2.05, 4.69) is 16.6 Å². The third kappa shape index (κ3) is 1.76. The highest BCUT2D eigenvalue weighted by Gasteiger charge is 2.41. The molecule has 68 valence electrons. The smallest absolute Gasteiger partial charge is 0.0964 e. The maximum atomic E-state index is 4.40. The molecule has 0 saturated heterocycles. The monoisotopic (exact) mass is 184 g/mol. The highest BCUT2D eigenvalue weighted by molar-refractivity contribution is 8.00. The van der Waals surface area contributed by atoms with Crippen molar-refractivity contribution in [1.82, 2.24) is 5.32 Å². The standard InChI is InChI=1S/C9H16N2S/c1-12-9(4-5-9)7-11-8-3-2-6-10-8/h2-7H2,1H3,(H,10,11). The van der Waals surface area contributed by atoms with Crippen molar-refractivity contribution in [3.63, 3.8) is 0 Å². The minimum Gasteiger partial charge on any atom is -0.372 e. The van der Waals surface area contributed by atoms with Gasteiger partial charge in [-0.1, -0.05) is 0 Å². The van der Waals surface area contributed by atoms with Gasteiger partial charge in [-0.15, -0.1) is 0 Å². The Morgan fingerprint density at radius 3 is 2.92 bits per heavy atom. The van der Waals surface area contributed by atoms with Gasteiger partial charge in [-0.25, -0.2) is 0 Å². The zero-order valence-electron chi connectivity index (χ0n) is 7.60. The largest absolute Gasteiger partial charge is 0.372 e. The van der Waals surface area contributed by atoms with Crippen LogP contribution in [0.25, 0.3) is 0 Å². The molecule has 1 N–H and O–H groups in total. The Labute approximate surface area is 78.2 Å². The first-order valence-corrected chi connectivity index (χ1v) is 5.89. The fourth-order valence-electron chi connectivity index (χ4n) is 1.54. The lowest BCUT2D eigenvalue weighted by Crippen LogP contribution is -2.30. The van der Waals surface area contributed by atoms with E-state index < -0.39 is 0 Å². The van der Waals surface area contributed by atoms with Gasteiger partial charge < -0.3 is 5.32 Å². The first kappa shape index (κ1) is 8.42. The van der Waals surface area contributed by atoms with Crippen LogP contribution in [0.2, 0.25) is 0 Å². The molecule has 1 aliphatic heterocycles. The fraction of sp³-hybridized carbons (Fsp3) is 0.889. The van der Waals surface area contributed by atoms with Crippen LogP contribution >= 0.6 is 11.8 Å². The molecule has 0 unspecified atom stereocenters.